The average molecular weight is 240 g/mol. The number of nitrogens with two attached hydrogens (primary N) is 1. The fourth-order valence-corrected chi connectivity index (χ4v) is 2.27. The molecule has 1 aliphatic carbocycles. The van der Waals surface area contributed by atoms with E-state index in [2.05, 4.69) is 4.99 Å². The van der Waals surface area contributed by atoms with Gasteiger partial charge in [0.05, 0.1) is 11.4 Å². The molecule has 1 aliphatic heterocycles. The number of aliphatic imine (C=N–C) groups is 1. The zero-order chi connectivity index (χ0) is 12.7. The maximum Gasteiger partial charge on any atom is 0.248 e. The van der Waals surface area contributed by atoms with Crippen LogP contribution in [0.15, 0.2) is 47.0 Å². The summed E-state index contributed by atoms with van der Waals surface area (Å²) in [6, 6.07) is 7.81. The molecule has 1 amide bonds. The average Bonchev–Trinajstić information content (AvgIpc) is 2.76. The van der Waals surface area contributed by atoms with Crippen LogP contribution in [-0.2, 0) is 9.53 Å². The predicted octanol–water partition coefficient (Wildman–Crippen LogP) is 1.60. The Balaban J connectivity index is 2.17. The lowest BCUT2D eigenvalue weighted by Crippen LogP contribution is -2.26. The molecule has 0 bridgehead atoms. The normalized spacial score (nSPS) is 20.5. The van der Waals surface area contributed by atoms with Crippen molar-refractivity contribution >= 4 is 22.9 Å². The van der Waals surface area contributed by atoms with E-state index in [0.29, 0.717) is 5.57 Å². The van der Waals surface area contributed by atoms with Crippen LogP contribution < -0.4 is 5.73 Å². The molecule has 4 heteroatoms. The number of fused-ring (bicyclic) bond motifs is 3. The standard InChI is InChI=1S/C14H12N2O2/c1-18-12-7-8(14(15)17)6-10-9-4-2-3-5-11(9)16-13(10)12/h2-7,12H,1H3,(H2,15,17). The highest BCUT2D eigenvalue weighted by atomic mass is 16.5. The van der Waals surface area contributed by atoms with E-state index in [1.807, 2.05) is 24.3 Å². The van der Waals surface area contributed by atoms with Crippen LogP contribution in [0.2, 0.25) is 0 Å². The molecule has 1 heterocycles. The first-order chi connectivity index (χ1) is 8.70. The van der Waals surface area contributed by atoms with Gasteiger partial charge in [-0.1, -0.05) is 18.2 Å². The Labute approximate surface area is 104 Å². The fourth-order valence-electron chi connectivity index (χ4n) is 2.27. The van der Waals surface area contributed by atoms with Crippen molar-refractivity contribution in [2.75, 3.05) is 7.11 Å². The number of benzene rings is 1. The molecule has 90 valence electrons. The number of para-hydroxylation sites is 1. The lowest BCUT2D eigenvalue weighted by atomic mass is 9.91. The monoisotopic (exact) mass is 240 g/mol. The largest absolute Gasteiger partial charge is 0.371 e. The van der Waals surface area contributed by atoms with Crippen molar-refractivity contribution in [3.8, 4) is 0 Å². The maximum absolute atomic E-state index is 11.3. The van der Waals surface area contributed by atoms with Crippen LogP contribution in [0.1, 0.15) is 5.56 Å². The van der Waals surface area contributed by atoms with Crippen molar-refractivity contribution in [1.82, 2.24) is 0 Å². The minimum absolute atomic E-state index is 0.320. The first kappa shape index (κ1) is 10.9. The second-order valence-corrected chi connectivity index (χ2v) is 4.21. The topological polar surface area (TPSA) is 64.7 Å². The smallest absolute Gasteiger partial charge is 0.248 e. The number of hydrogen-bond acceptors (Lipinski definition) is 3. The van der Waals surface area contributed by atoms with E-state index in [9.17, 15) is 4.79 Å². The van der Waals surface area contributed by atoms with E-state index in [-0.39, 0.29) is 6.10 Å². The van der Waals surface area contributed by atoms with Crippen molar-refractivity contribution < 1.29 is 9.53 Å². The number of rotatable bonds is 2. The Morgan fingerprint density at radius 2 is 2.17 bits per heavy atom. The van der Waals surface area contributed by atoms with Crippen LogP contribution in [-0.4, -0.2) is 24.8 Å². The summed E-state index contributed by atoms with van der Waals surface area (Å²) in [5, 5.41) is 0. The van der Waals surface area contributed by atoms with Gasteiger partial charge in [-0.3, -0.25) is 4.79 Å². The molecule has 0 aromatic heterocycles. The molecule has 1 aromatic rings. The highest BCUT2D eigenvalue weighted by molar-refractivity contribution is 6.33. The summed E-state index contributed by atoms with van der Waals surface area (Å²) in [5.74, 6) is -0.451. The highest BCUT2D eigenvalue weighted by Gasteiger charge is 2.30. The molecular weight excluding hydrogens is 228 g/mol. The molecule has 3 rings (SSSR count). The van der Waals surface area contributed by atoms with Crippen molar-refractivity contribution in [1.29, 1.82) is 0 Å². The number of primary amides is 1. The summed E-state index contributed by atoms with van der Waals surface area (Å²) in [7, 11) is 1.59. The zero-order valence-electron chi connectivity index (χ0n) is 9.88. The van der Waals surface area contributed by atoms with Gasteiger partial charge in [-0.05, 0) is 18.2 Å². The summed E-state index contributed by atoms with van der Waals surface area (Å²) in [4.78, 5) is 15.9. The van der Waals surface area contributed by atoms with Crippen molar-refractivity contribution in [3.63, 3.8) is 0 Å². The minimum Gasteiger partial charge on any atom is -0.371 e. The minimum atomic E-state index is -0.451. The number of hydrogen-bond donors (Lipinski definition) is 1. The van der Waals surface area contributed by atoms with Crippen LogP contribution in [0.25, 0.3) is 5.57 Å². The van der Waals surface area contributed by atoms with Gasteiger partial charge in [0.1, 0.15) is 6.10 Å². The van der Waals surface area contributed by atoms with Crippen molar-refractivity contribution in [3.05, 3.63) is 47.6 Å². The quantitative estimate of drug-likeness (QED) is 0.853. The third-order valence-corrected chi connectivity index (χ3v) is 3.15. The Bertz CT molecular complexity index is 626. The Morgan fingerprint density at radius 3 is 2.89 bits per heavy atom. The molecule has 1 unspecified atom stereocenters. The second-order valence-electron chi connectivity index (χ2n) is 4.21. The number of nitrogens with zero attached hydrogens (tertiary/aromatic N) is 1. The van der Waals surface area contributed by atoms with Gasteiger partial charge in [-0.15, -0.1) is 0 Å². The lowest BCUT2D eigenvalue weighted by Gasteiger charge is -2.18. The van der Waals surface area contributed by atoms with Crippen LogP contribution in [0.3, 0.4) is 0 Å². The maximum atomic E-state index is 11.3. The predicted molar refractivity (Wildman–Crippen MR) is 69.6 cm³/mol. The molecule has 2 N–H and O–H groups in total. The summed E-state index contributed by atoms with van der Waals surface area (Å²) < 4.78 is 5.36. The molecule has 0 fully saturated rings. The molecule has 18 heavy (non-hydrogen) atoms. The van der Waals surface area contributed by atoms with Gasteiger partial charge < -0.3 is 10.5 Å². The third kappa shape index (κ3) is 1.50. The van der Waals surface area contributed by atoms with Gasteiger partial charge in [0.25, 0.3) is 0 Å². The molecule has 4 nitrogen and oxygen atoms in total. The summed E-state index contributed by atoms with van der Waals surface area (Å²) in [5.41, 5.74) is 9.48. The molecular formula is C14H12N2O2. The first-order valence-electron chi connectivity index (χ1n) is 5.65. The molecule has 0 saturated heterocycles. The van der Waals surface area contributed by atoms with Crippen molar-refractivity contribution in [2.45, 2.75) is 6.10 Å². The summed E-state index contributed by atoms with van der Waals surface area (Å²) in [6.45, 7) is 0. The number of ether oxygens (including phenoxy) is 1. The first-order valence-corrected chi connectivity index (χ1v) is 5.65. The van der Waals surface area contributed by atoms with Crippen LogP contribution >= 0.6 is 0 Å². The van der Waals surface area contributed by atoms with Gasteiger partial charge in [0.15, 0.2) is 0 Å². The Morgan fingerprint density at radius 1 is 1.39 bits per heavy atom. The van der Waals surface area contributed by atoms with E-state index >= 15 is 0 Å². The molecule has 0 radical (unpaired) electrons. The third-order valence-electron chi connectivity index (χ3n) is 3.15. The SMILES string of the molecule is COC1C=C(C(N)=O)C=C2C1=Nc1ccccc12. The van der Waals surface area contributed by atoms with E-state index < -0.39 is 5.91 Å². The lowest BCUT2D eigenvalue weighted by molar-refractivity contribution is -0.114. The van der Waals surface area contributed by atoms with Crippen LogP contribution in [0, 0.1) is 0 Å². The molecule has 1 atom stereocenters. The number of methoxy groups -OCH3 is 1. The second kappa shape index (κ2) is 3.92. The summed E-state index contributed by atoms with van der Waals surface area (Å²) >= 11 is 0. The van der Waals surface area contributed by atoms with Crippen LogP contribution in [0.5, 0.6) is 0 Å². The Hall–Kier alpha value is -2.20. The number of amides is 1. The van der Waals surface area contributed by atoms with Gasteiger partial charge >= 0.3 is 0 Å². The number of carbonyl (C=O) groups excluding carboxylic acids is 1. The molecule has 2 aliphatic rings. The van der Waals surface area contributed by atoms with Gasteiger partial charge in [0.2, 0.25) is 5.91 Å². The molecule has 0 spiro atoms. The highest BCUT2D eigenvalue weighted by Crippen LogP contribution is 2.38. The number of carbonyl (C=O) groups is 1. The zero-order valence-corrected chi connectivity index (χ0v) is 9.88. The van der Waals surface area contributed by atoms with Gasteiger partial charge in [0, 0.05) is 23.8 Å². The van der Waals surface area contributed by atoms with Crippen molar-refractivity contribution in [2.24, 2.45) is 10.7 Å². The van der Waals surface area contributed by atoms with E-state index in [1.165, 1.54) is 0 Å². The van der Waals surface area contributed by atoms with E-state index in [0.717, 1.165) is 22.5 Å². The van der Waals surface area contributed by atoms with E-state index in [4.69, 9.17) is 10.5 Å². The Kier molecular flexibility index (Phi) is 2.38. The molecule has 0 saturated carbocycles. The van der Waals surface area contributed by atoms with Crippen LogP contribution in [0.4, 0.5) is 5.69 Å². The van der Waals surface area contributed by atoms with E-state index in [1.54, 1.807) is 19.3 Å². The van der Waals surface area contributed by atoms with Gasteiger partial charge in [-0.25, -0.2) is 4.99 Å². The summed E-state index contributed by atoms with van der Waals surface area (Å²) in [6.07, 6.45) is 3.17. The fraction of sp³-hybridized carbons (Fsp3) is 0.143. The van der Waals surface area contributed by atoms with Gasteiger partial charge in [-0.2, -0.15) is 0 Å². The molecule has 1 aromatic carbocycles.